The molecule has 6 nitrogen and oxygen atoms in total. The zero-order chi connectivity index (χ0) is 14.4. The highest BCUT2D eigenvalue weighted by molar-refractivity contribution is 6.01. The van der Waals surface area contributed by atoms with E-state index in [9.17, 15) is 14.8 Å². The minimum atomic E-state index is -0.355. The molecule has 0 aromatic rings. The van der Waals surface area contributed by atoms with Crippen molar-refractivity contribution in [3.05, 3.63) is 0 Å². The molecule has 2 aliphatic heterocycles. The third-order valence-corrected chi connectivity index (χ3v) is 4.10. The molecular formula is C13H23N3O3. The second-order valence-corrected chi connectivity index (χ2v) is 6.87. The summed E-state index contributed by atoms with van der Waals surface area (Å²) in [5.74, 6) is 0.0493. The predicted octanol–water partition coefficient (Wildman–Crippen LogP) is 1.20. The Morgan fingerprint density at radius 2 is 1.74 bits per heavy atom. The van der Waals surface area contributed by atoms with Gasteiger partial charge in [-0.2, -0.15) is 5.06 Å². The van der Waals surface area contributed by atoms with Gasteiger partial charge < -0.3 is 10.5 Å². The molecule has 0 radical (unpaired) electrons. The highest BCUT2D eigenvalue weighted by Crippen LogP contribution is 2.40. The molecular weight excluding hydrogens is 246 g/mol. The average molecular weight is 269 g/mol. The number of hydroxylamine groups is 2. The fraction of sp³-hybridized carbons (Fsp3) is 0.846. The van der Waals surface area contributed by atoms with Crippen molar-refractivity contribution >= 4 is 11.9 Å². The van der Waals surface area contributed by atoms with Gasteiger partial charge in [-0.15, -0.1) is 0 Å². The van der Waals surface area contributed by atoms with Crippen molar-refractivity contribution < 1.29 is 14.8 Å². The summed E-state index contributed by atoms with van der Waals surface area (Å²) < 4.78 is 0. The minimum Gasteiger partial charge on any atom is -0.329 e. The van der Waals surface area contributed by atoms with E-state index in [-0.39, 0.29) is 35.5 Å². The first-order valence-corrected chi connectivity index (χ1v) is 6.71. The second-order valence-electron chi connectivity index (χ2n) is 6.87. The van der Waals surface area contributed by atoms with Crippen LogP contribution in [0, 0.1) is 5.92 Å². The fourth-order valence-electron chi connectivity index (χ4n) is 3.50. The minimum absolute atomic E-state index is 0.102. The van der Waals surface area contributed by atoms with Gasteiger partial charge in [0, 0.05) is 17.6 Å². The number of hydrogen-bond acceptors (Lipinski definition) is 4. The zero-order valence-electron chi connectivity index (χ0n) is 12.1. The summed E-state index contributed by atoms with van der Waals surface area (Å²) in [5.41, 5.74) is -0.711. The van der Waals surface area contributed by atoms with Gasteiger partial charge in [0.05, 0.1) is 6.54 Å². The molecule has 2 fully saturated rings. The lowest BCUT2D eigenvalue weighted by Gasteiger charge is -2.51. The molecule has 6 heteroatoms. The summed E-state index contributed by atoms with van der Waals surface area (Å²) in [6, 6.07) is -0.299. The Kier molecular flexibility index (Phi) is 3.35. The van der Waals surface area contributed by atoms with E-state index in [1.807, 2.05) is 27.7 Å². The van der Waals surface area contributed by atoms with Gasteiger partial charge in [0.1, 0.15) is 0 Å². The summed E-state index contributed by atoms with van der Waals surface area (Å²) in [5, 5.41) is 14.2. The van der Waals surface area contributed by atoms with Crippen LogP contribution in [0.1, 0.15) is 40.5 Å². The van der Waals surface area contributed by atoms with E-state index in [4.69, 9.17) is 0 Å². The van der Waals surface area contributed by atoms with E-state index in [0.29, 0.717) is 6.54 Å². The maximum atomic E-state index is 11.6. The van der Waals surface area contributed by atoms with E-state index in [2.05, 4.69) is 5.32 Å². The smallest absolute Gasteiger partial charge is 0.324 e. The number of imide groups is 1. The van der Waals surface area contributed by atoms with E-state index < -0.39 is 0 Å². The van der Waals surface area contributed by atoms with Crippen LogP contribution in [0.25, 0.3) is 0 Å². The summed E-state index contributed by atoms with van der Waals surface area (Å²) in [4.78, 5) is 24.5. The second kappa shape index (κ2) is 4.45. The summed E-state index contributed by atoms with van der Waals surface area (Å²) in [6.07, 6.45) is 1.51. The van der Waals surface area contributed by atoms with Crippen molar-refractivity contribution in [1.82, 2.24) is 15.3 Å². The van der Waals surface area contributed by atoms with Crippen LogP contribution in [0.4, 0.5) is 4.79 Å². The maximum Gasteiger partial charge on any atom is 0.324 e. The maximum absolute atomic E-state index is 11.6. The number of hydrogen-bond donors (Lipinski definition) is 2. The van der Waals surface area contributed by atoms with Crippen LogP contribution in [0.5, 0.6) is 0 Å². The fourth-order valence-corrected chi connectivity index (χ4v) is 3.50. The molecule has 2 heterocycles. The Morgan fingerprint density at radius 3 is 2.16 bits per heavy atom. The molecule has 2 aliphatic rings. The number of piperidine rings is 1. The van der Waals surface area contributed by atoms with Crippen LogP contribution >= 0.6 is 0 Å². The molecule has 108 valence electrons. The van der Waals surface area contributed by atoms with Crippen molar-refractivity contribution in [3.8, 4) is 0 Å². The molecule has 19 heavy (non-hydrogen) atoms. The summed E-state index contributed by atoms with van der Waals surface area (Å²) in [6.45, 7) is 8.45. The number of rotatable bonds is 2. The molecule has 0 saturated carbocycles. The SMILES string of the molecule is CC1(C)CC(CN2C(=O)CNC2=O)CC(C)(C)N1O. The van der Waals surface area contributed by atoms with Gasteiger partial charge in [-0.25, -0.2) is 4.79 Å². The van der Waals surface area contributed by atoms with Gasteiger partial charge in [0.25, 0.3) is 0 Å². The van der Waals surface area contributed by atoms with Gasteiger partial charge in [-0.05, 0) is 46.5 Å². The quantitative estimate of drug-likeness (QED) is 0.739. The highest BCUT2D eigenvalue weighted by Gasteiger charge is 2.46. The van der Waals surface area contributed by atoms with Crippen molar-refractivity contribution in [2.75, 3.05) is 13.1 Å². The van der Waals surface area contributed by atoms with Gasteiger partial charge in [-0.3, -0.25) is 9.69 Å². The van der Waals surface area contributed by atoms with Crippen LogP contribution in [0.3, 0.4) is 0 Å². The molecule has 0 aliphatic carbocycles. The third kappa shape index (κ3) is 2.60. The van der Waals surface area contributed by atoms with E-state index in [0.717, 1.165) is 12.8 Å². The van der Waals surface area contributed by atoms with E-state index in [1.54, 1.807) is 0 Å². The molecule has 0 atom stereocenters. The Bertz CT molecular complexity index is 372. The lowest BCUT2D eigenvalue weighted by Crippen LogP contribution is -2.60. The first kappa shape index (κ1) is 14.3. The number of nitrogens with zero attached hydrogens (tertiary/aromatic N) is 2. The number of amides is 3. The predicted molar refractivity (Wildman–Crippen MR) is 69.6 cm³/mol. The van der Waals surface area contributed by atoms with Gasteiger partial charge in [-0.1, -0.05) is 0 Å². The number of carbonyl (C=O) groups excluding carboxylic acids is 2. The molecule has 0 bridgehead atoms. The monoisotopic (exact) mass is 269 g/mol. The molecule has 3 amide bonds. The largest absolute Gasteiger partial charge is 0.329 e. The summed E-state index contributed by atoms with van der Waals surface area (Å²) >= 11 is 0. The topological polar surface area (TPSA) is 72.9 Å². The molecule has 0 spiro atoms. The third-order valence-electron chi connectivity index (χ3n) is 4.10. The van der Waals surface area contributed by atoms with Crippen molar-refractivity contribution in [1.29, 1.82) is 0 Å². The van der Waals surface area contributed by atoms with Crippen LogP contribution in [-0.4, -0.2) is 51.3 Å². The lowest BCUT2D eigenvalue weighted by atomic mass is 9.75. The Labute approximate surface area is 113 Å². The van der Waals surface area contributed by atoms with Crippen LogP contribution in [-0.2, 0) is 4.79 Å². The normalized spacial score (nSPS) is 27.7. The van der Waals surface area contributed by atoms with Gasteiger partial charge >= 0.3 is 6.03 Å². The van der Waals surface area contributed by atoms with Crippen LogP contribution < -0.4 is 5.32 Å². The standard InChI is InChI=1S/C13H23N3O3/c1-12(2)5-9(6-13(3,4)16(12)19)8-15-10(17)7-14-11(15)18/h9,19H,5-8H2,1-4H3,(H,14,18). The van der Waals surface area contributed by atoms with E-state index in [1.165, 1.54) is 9.96 Å². The molecule has 0 aromatic heterocycles. The summed E-state index contributed by atoms with van der Waals surface area (Å²) in [7, 11) is 0. The van der Waals surface area contributed by atoms with E-state index >= 15 is 0 Å². The Balaban J connectivity index is 2.10. The van der Waals surface area contributed by atoms with Crippen molar-refractivity contribution in [3.63, 3.8) is 0 Å². The van der Waals surface area contributed by atoms with Crippen molar-refractivity contribution in [2.45, 2.75) is 51.6 Å². The number of carbonyl (C=O) groups is 2. The Morgan fingerprint density at radius 1 is 1.21 bits per heavy atom. The first-order chi connectivity index (χ1) is 8.63. The molecule has 2 N–H and O–H groups in total. The lowest BCUT2D eigenvalue weighted by molar-refractivity contribution is -0.251. The average Bonchev–Trinajstić information content (AvgIpc) is 2.57. The first-order valence-electron chi connectivity index (χ1n) is 6.71. The van der Waals surface area contributed by atoms with Crippen molar-refractivity contribution in [2.24, 2.45) is 5.92 Å². The number of nitrogens with one attached hydrogen (secondary N) is 1. The van der Waals surface area contributed by atoms with Gasteiger partial charge in [0.15, 0.2) is 0 Å². The van der Waals surface area contributed by atoms with Crippen LogP contribution in [0.2, 0.25) is 0 Å². The number of urea groups is 1. The molecule has 0 aromatic carbocycles. The highest BCUT2D eigenvalue weighted by atomic mass is 16.5. The molecule has 2 rings (SSSR count). The zero-order valence-corrected chi connectivity index (χ0v) is 12.1. The Hall–Kier alpha value is -1.14. The van der Waals surface area contributed by atoms with Gasteiger partial charge in [0.2, 0.25) is 5.91 Å². The van der Waals surface area contributed by atoms with Crippen LogP contribution in [0.15, 0.2) is 0 Å². The molecule has 0 unspecified atom stereocenters. The molecule has 2 saturated heterocycles.